The van der Waals surface area contributed by atoms with Crippen molar-refractivity contribution in [3.05, 3.63) is 78.0 Å². The van der Waals surface area contributed by atoms with E-state index in [1.54, 1.807) is 48.5 Å². The highest BCUT2D eigenvalue weighted by molar-refractivity contribution is 6.31. The van der Waals surface area contributed by atoms with Crippen molar-refractivity contribution in [1.82, 2.24) is 19.8 Å². The van der Waals surface area contributed by atoms with Crippen LogP contribution in [-0.2, 0) is 4.79 Å². The molecule has 180 valence electrons. The molecule has 9 nitrogen and oxygen atoms in total. The number of rotatable bonds is 7. The van der Waals surface area contributed by atoms with Gasteiger partial charge in [-0.1, -0.05) is 24.2 Å². The second-order valence-corrected chi connectivity index (χ2v) is 8.37. The minimum atomic E-state index is -0.329. The topological polar surface area (TPSA) is 99.7 Å². The maximum Gasteiger partial charge on any atom is 0.253 e. The van der Waals surface area contributed by atoms with Gasteiger partial charge in [-0.2, -0.15) is 4.98 Å². The van der Waals surface area contributed by atoms with Gasteiger partial charge in [-0.3, -0.25) is 9.59 Å². The van der Waals surface area contributed by atoms with Gasteiger partial charge in [0.1, 0.15) is 10.8 Å². The third-order valence-electron chi connectivity index (χ3n) is 5.39. The Kier molecular flexibility index (Phi) is 7.59. The van der Waals surface area contributed by atoms with Gasteiger partial charge in [0.05, 0.1) is 6.20 Å². The lowest BCUT2D eigenvalue weighted by Gasteiger charge is -2.32. The van der Waals surface area contributed by atoms with Crippen molar-refractivity contribution in [3.8, 4) is 11.6 Å². The SMILES string of the molecule is C=CC(=O)Nc1cccc(Oc2nc(Nc3ccc(C(=O)N4CCN(C)CC4)cc3)ncc2Cl)c1. The van der Waals surface area contributed by atoms with Crippen LogP contribution in [0.5, 0.6) is 11.6 Å². The summed E-state index contributed by atoms with van der Waals surface area (Å²) in [5, 5.41) is 5.99. The molecule has 2 N–H and O–H groups in total. The number of benzene rings is 2. The summed E-state index contributed by atoms with van der Waals surface area (Å²) in [6.45, 7) is 6.62. The molecule has 0 aliphatic carbocycles. The predicted molar refractivity (Wildman–Crippen MR) is 136 cm³/mol. The molecule has 0 radical (unpaired) electrons. The zero-order valence-corrected chi connectivity index (χ0v) is 20.0. The molecule has 0 unspecified atom stereocenters. The Hall–Kier alpha value is -3.95. The smallest absolute Gasteiger partial charge is 0.253 e. The normalized spacial score (nSPS) is 13.7. The molecule has 3 aromatic rings. The first-order chi connectivity index (χ1) is 16.9. The second kappa shape index (κ2) is 11.0. The van der Waals surface area contributed by atoms with Gasteiger partial charge in [0, 0.05) is 49.2 Å². The fourth-order valence-electron chi connectivity index (χ4n) is 3.44. The molecule has 1 fully saturated rings. The monoisotopic (exact) mass is 492 g/mol. The number of nitrogens with zero attached hydrogens (tertiary/aromatic N) is 4. The summed E-state index contributed by atoms with van der Waals surface area (Å²) in [7, 11) is 2.05. The molecule has 10 heteroatoms. The van der Waals surface area contributed by atoms with E-state index in [1.807, 2.05) is 4.90 Å². The van der Waals surface area contributed by atoms with E-state index < -0.39 is 0 Å². The van der Waals surface area contributed by atoms with E-state index in [-0.39, 0.29) is 28.7 Å². The molecule has 0 spiro atoms. The Morgan fingerprint density at radius 3 is 2.54 bits per heavy atom. The Morgan fingerprint density at radius 2 is 1.83 bits per heavy atom. The van der Waals surface area contributed by atoms with Gasteiger partial charge >= 0.3 is 0 Å². The molecule has 4 rings (SSSR count). The lowest BCUT2D eigenvalue weighted by molar-refractivity contribution is -0.111. The van der Waals surface area contributed by atoms with Crippen LogP contribution in [0.3, 0.4) is 0 Å². The lowest BCUT2D eigenvalue weighted by atomic mass is 10.1. The van der Waals surface area contributed by atoms with E-state index in [2.05, 4.69) is 39.1 Å². The summed E-state index contributed by atoms with van der Waals surface area (Å²) in [6.07, 6.45) is 2.61. The van der Waals surface area contributed by atoms with E-state index in [0.29, 0.717) is 22.7 Å². The Labute approximate surface area is 208 Å². The predicted octanol–water partition coefficient (Wildman–Crippen LogP) is 4.18. The molecule has 1 saturated heterocycles. The summed E-state index contributed by atoms with van der Waals surface area (Å²) in [4.78, 5) is 36.9. The summed E-state index contributed by atoms with van der Waals surface area (Å²) in [5.74, 6) is 0.557. The number of likely N-dealkylation sites (N-methyl/N-ethyl adjacent to an activating group) is 1. The van der Waals surface area contributed by atoms with Crippen LogP contribution in [0.4, 0.5) is 17.3 Å². The van der Waals surface area contributed by atoms with Gasteiger partial charge < -0.3 is 25.2 Å². The quantitative estimate of drug-likeness (QED) is 0.477. The Morgan fingerprint density at radius 1 is 1.09 bits per heavy atom. The first-order valence-corrected chi connectivity index (χ1v) is 11.4. The van der Waals surface area contributed by atoms with Gasteiger partial charge in [0.2, 0.25) is 17.7 Å². The van der Waals surface area contributed by atoms with Gasteiger partial charge in [-0.15, -0.1) is 0 Å². The fraction of sp³-hybridized carbons (Fsp3) is 0.200. The number of aromatic nitrogens is 2. The summed E-state index contributed by atoms with van der Waals surface area (Å²) >= 11 is 6.23. The number of amides is 2. The molecule has 1 aliphatic heterocycles. The van der Waals surface area contributed by atoms with Crippen LogP contribution in [0.15, 0.2) is 67.4 Å². The zero-order chi connectivity index (χ0) is 24.8. The highest BCUT2D eigenvalue weighted by Gasteiger charge is 2.20. The molecule has 35 heavy (non-hydrogen) atoms. The molecule has 0 bridgehead atoms. The fourth-order valence-corrected chi connectivity index (χ4v) is 3.57. The summed E-state index contributed by atoms with van der Waals surface area (Å²) in [6, 6.07) is 14.0. The van der Waals surface area contributed by atoms with E-state index >= 15 is 0 Å². The number of halogens is 1. The molecular weight excluding hydrogens is 468 g/mol. The molecule has 1 aliphatic rings. The number of carbonyl (C=O) groups is 2. The van der Waals surface area contributed by atoms with Crippen molar-refractivity contribution < 1.29 is 14.3 Å². The van der Waals surface area contributed by atoms with Crippen LogP contribution in [0.1, 0.15) is 10.4 Å². The van der Waals surface area contributed by atoms with Gasteiger partial charge in [-0.05, 0) is 49.5 Å². The Bertz CT molecular complexity index is 1230. The van der Waals surface area contributed by atoms with E-state index in [0.717, 1.165) is 26.2 Å². The van der Waals surface area contributed by atoms with Gasteiger partial charge in [0.15, 0.2) is 0 Å². The second-order valence-electron chi connectivity index (χ2n) is 7.97. The van der Waals surface area contributed by atoms with E-state index in [1.165, 1.54) is 12.3 Å². The first kappa shape index (κ1) is 24.2. The van der Waals surface area contributed by atoms with Crippen molar-refractivity contribution in [2.75, 3.05) is 43.9 Å². The van der Waals surface area contributed by atoms with Crippen molar-refractivity contribution in [1.29, 1.82) is 0 Å². The van der Waals surface area contributed by atoms with Crippen LogP contribution in [0.2, 0.25) is 5.02 Å². The van der Waals surface area contributed by atoms with E-state index in [4.69, 9.17) is 16.3 Å². The number of nitrogens with one attached hydrogen (secondary N) is 2. The molecule has 1 aromatic heterocycles. The number of anilines is 3. The molecule has 2 aromatic carbocycles. The molecule has 2 heterocycles. The van der Waals surface area contributed by atoms with Crippen molar-refractivity contribution >= 4 is 40.7 Å². The first-order valence-electron chi connectivity index (χ1n) is 11.0. The average Bonchev–Trinajstić information content (AvgIpc) is 2.87. The third-order valence-corrected chi connectivity index (χ3v) is 5.65. The average molecular weight is 493 g/mol. The highest BCUT2D eigenvalue weighted by atomic mass is 35.5. The molecule has 2 amide bonds. The summed E-state index contributed by atoms with van der Waals surface area (Å²) in [5.41, 5.74) is 1.88. The highest BCUT2D eigenvalue weighted by Crippen LogP contribution is 2.29. The van der Waals surface area contributed by atoms with Gasteiger partial charge in [-0.25, -0.2) is 4.98 Å². The number of hydrogen-bond donors (Lipinski definition) is 2. The maximum absolute atomic E-state index is 12.7. The van der Waals surface area contributed by atoms with Crippen LogP contribution in [-0.4, -0.2) is 64.8 Å². The minimum absolute atomic E-state index is 0.0228. The number of piperazine rings is 1. The van der Waals surface area contributed by atoms with Crippen LogP contribution in [0.25, 0.3) is 0 Å². The van der Waals surface area contributed by atoms with Crippen molar-refractivity contribution in [2.45, 2.75) is 0 Å². The number of carbonyl (C=O) groups excluding carboxylic acids is 2. The van der Waals surface area contributed by atoms with Crippen LogP contribution >= 0.6 is 11.6 Å². The molecular formula is C25H25ClN6O3. The lowest BCUT2D eigenvalue weighted by Crippen LogP contribution is -2.47. The Balaban J connectivity index is 1.43. The molecule has 0 saturated carbocycles. The minimum Gasteiger partial charge on any atom is -0.437 e. The standard InChI is InChI=1S/C25H25ClN6O3/c1-3-22(33)28-19-5-4-6-20(15-19)35-23-21(26)16-27-25(30-23)29-18-9-7-17(8-10-18)24(34)32-13-11-31(2)12-14-32/h3-10,15-16H,1,11-14H2,2H3,(H,28,33)(H,27,29,30). The van der Waals surface area contributed by atoms with Crippen molar-refractivity contribution in [2.24, 2.45) is 0 Å². The largest absolute Gasteiger partial charge is 0.437 e. The molecule has 0 atom stereocenters. The van der Waals surface area contributed by atoms with Gasteiger partial charge in [0.25, 0.3) is 5.91 Å². The third kappa shape index (κ3) is 6.34. The van der Waals surface area contributed by atoms with Crippen LogP contribution in [0, 0.1) is 0 Å². The zero-order valence-electron chi connectivity index (χ0n) is 19.2. The number of ether oxygens (including phenoxy) is 1. The number of hydrogen-bond acceptors (Lipinski definition) is 7. The van der Waals surface area contributed by atoms with E-state index in [9.17, 15) is 9.59 Å². The summed E-state index contributed by atoms with van der Waals surface area (Å²) < 4.78 is 5.81. The maximum atomic E-state index is 12.7. The van der Waals surface area contributed by atoms with Crippen LogP contribution < -0.4 is 15.4 Å². The van der Waals surface area contributed by atoms with Crippen molar-refractivity contribution in [3.63, 3.8) is 0 Å².